The predicted octanol–water partition coefficient (Wildman–Crippen LogP) is 5.51. The highest BCUT2D eigenvalue weighted by molar-refractivity contribution is 9.10. The number of aromatic nitrogens is 1. The third-order valence-corrected chi connectivity index (χ3v) is 5.81. The number of carboxylic acids is 1. The Kier molecular flexibility index (Phi) is 5.33. The molecule has 0 bridgehead atoms. The number of thiazole rings is 1. The van der Waals surface area contributed by atoms with Gasteiger partial charge < -0.3 is 5.11 Å². The van der Waals surface area contributed by atoms with E-state index >= 15 is 0 Å². The molecule has 122 valence electrons. The zero-order chi connectivity index (χ0) is 17.1. The summed E-state index contributed by atoms with van der Waals surface area (Å²) in [6, 6.07) is 12.4. The smallest absolute Gasteiger partial charge is 0.313 e. The standard InChI is InChI=1S/C17H11BrFNO2S2/c18-11-6-5-10(12(19)8-11)7-15(23-9-16(21)22)17-20-13-3-1-2-4-14(13)24-17/h1-8H,9H2,(H,21,22)/b15-7-. The molecule has 0 radical (unpaired) electrons. The minimum Gasteiger partial charge on any atom is -0.481 e. The average molecular weight is 424 g/mol. The first kappa shape index (κ1) is 17.1. The monoisotopic (exact) mass is 423 g/mol. The van der Waals surface area contributed by atoms with Crippen molar-refractivity contribution >= 4 is 66.2 Å². The molecule has 0 saturated carbocycles. The van der Waals surface area contributed by atoms with Crippen LogP contribution in [0.5, 0.6) is 0 Å². The molecule has 7 heteroatoms. The van der Waals surface area contributed by atoms with Crippen LogP contribution in [0, 0.1) is 5.82 Å². The number of fused-ring (bicyclic) bond motifs is 1. The van der Waals surface area contributed by atoms with Gasteiger partial charge in [-0.15, -0.1) is 23.1 Å². The maximum absolute atomic E-state index is 14.1. The van der Waals surface area contributed by atoms with Crippen molar-refractivity contribution in [1.82, 2.24) is 4.98 Å². The highest BCUT2D eigenvalue weighted by atomic mass is 79.9. The second-order valence-corrected chi connectivity index (χ2v) is 7.81. The molecule has 0 fully saturated rings. The second-order valence-electron chi connectivity index (χ2n) is 4.84. The fourth-order valence-corrected chi connectivity index (χ4v) is 4.21. The first-order valence-electron chi connectivity index (χ1n) is 6.90. The van der Waals surface area contributed by atoms with E-state index in [0.29, 0.717) is 19.9 Å². The van der Waals surface area contributed by atoms with Gasteiger partial charge in [0.15, 0.2) is 0 Å². The molecule has 3 nitrogen and oxygen atoms in total. The fraction of sp³-hybridized carbons (Fsp3) is 0.0588. The number of carboxylic acid groups (broad SMARTS) is 1. The fourth-order valence-electron chi connectivity index (χ4n) is 2.04. The molecule has 2 aromatic carbocycles. The summed E-state index contributed by atoms with van der Waals surface area (Å²) in [5, 5.41) is 9.65. The lowest BCUT2D eigenvalue weighted by Gasteiger charge is -2.04. The Morgan fingerprint density at radius 3 is 2.83 bits per heavy atom. The Labute approximate surface area is 154 Å². The van der Waals surface area contributed by atoms with Crippen LogP contribution in [0.3, 0.4) is 0 Å². The minimum atomic E-state index is -0.928. The van der Waals surface area contributed by atoms with Crippen molar-refractivity contribution in [2.45, 2.75) is 0 Å². The number of nitrogens with zero attached hydrogens (tertiary/aromatic N) is 1. The normalized spacial score (nSPS) is 11.8. The van der Waals surface area contributed by atoms with E-state index in [-0.39, 0.29) is 11.6 Å². The van der Waals surface area contributed by atoms with Crippen LogP contribution in [0.25, 0.3) is 21.2 Å². The summed E-state index contributed by atoms with van der Waals surface area (Å²) in [5.74, 6) is -1.41. The molecule has 0 aliphatic rings. The molecule has 0 spiro atoms. The Balaban J connectivity index is 2.04. The van der Waals surface area contributed by atoms with Gasteiger partial charge in [0, 0.05) is 14.9 Å². The predicted molar refractivity (Wildman–Crippen MR) is 102 cm³/mol. The maximum atomic E-state index is 14.1. The van der Waals surface area contributed by atoms with E-state index in [1.165, 1.54) is 17.4 Å². The van der Waals surface area contributed by atoms with Crippen LogP contribution < -0.4 is 0 Å². The number of aliphatic carboxylic acids is 1. The van der Waals surface area contributed by atoms with Gasteiger partial charge in [-0.05, 0) is 30.3 Å². The van der Waals surface area contributed by atoms with Crippen LogP contribution >= 0.6 is 39.0 Å². The number of halogens is 2. The van der Waals surface area contributed by atoms with Gasteiger partial charge in [-0.25, -0.2) is 9.37 Å². The zero-order valence-corrected chi connectivity index (χ0v) is 15.4. The summed E-state index contributed by atoms with van der Waals surface area (Å²) in [5.41, 5.74) is 1.24. The molecule has 24 heavy (non-hydrogen) atoms. The van der Waals surface area contributed by atoms with E-state index in [9.17, 15) is 9.18 Å². The van der Waals surface area contributed by atoms with Gasteiger partial charge in [0.2, 0.25) is 0 Å². The number of benzene rings is 2. The number of thioether (sulfide) groups is 1. The van der Waals surface area contributed by atoms with Crippen molar-refractivity contribution in [3.05, 3.63) is 63.3 Å². The van der Waals surface area contributed by atoms with E-state index in [0.717, 1.165) is 22.0 Å². The van der Waals surface area contributed by atoms with Crippen LogP contribution in [0.4, 0.5) is 4.39 Å². The quantitative estimate of drug-likeness (QED) is 0.587. The Morgan fingerprint density at radius 1 is 1.33 bits per heavy atom. The van der Waals surface area contributed by atoms with Crippen molar-refractivity contribution in [1.29, 1.82) is 0 Å². The van der Waals surface area contributed by atoms with Gasteiger partial charge in [0.25, 0.3) is 0 Å². The van der Waals surface area contributed by atoms with Gasteiger partial charge in [-0.3, -0.25) is 4.79 Å². The summed E-state index contributed by atoms with van der Waals surface area (Å²) in [6.45, 7) is 0. The minimum absolute atomic E-state index is 0.111. The Morgan fingerprint density at radius 2 is 2.12 bits per heavy atom. The number of carbonyl (C=O) groups is 1. The summed E-state index contributed by atoms with van der Waals surface area (Å²) >= 11 is 5.82. The molecule has 0 amide bonds. The summed E-state index contributed by atoms with van der Waals surface area (Å²) in [4.78, 5) is 16.1. The molecule has 1 heterocycles. The molecular formula is C17H11BrFNO2S2. The lowest BCUT2D eigenvalue weighted by molar-refractivity contribution is -0.133. The molecule has 0 unspecified atom stereocenters. The van der Waals surface area contributed by atoms with E-state index in [2.05, 4.69) is 20.9 Å². The van der Waals surface area contributed by atoms with Crippen molar-refractivity contribution in [2.75, 3.05) is 5.75 Å². The van der Waals surface area contributed by atoms with Gasteiger partial charge in [-0.1, -0.05) is 34.1 Å². The largest absolute Gasteiger partial charge is 0.481 e. The van der Waals surface area contributed by atoms with E-state index in [1.54, 1.807) is 18.2 Å². The van der Waals surface area contributed by atoms with Crippen molar-refractivity contribution < 1.29 is 14.3 Å². The van der Waals surface area contributed by atoms with E-state index < -0.39 is 5.97 Å². The lowest BCUT2D eigenvalue weighted by Crippen LogP contribution is -1.98. The third-order valence-electron chi connectivity index (χ3n) is 3.10. The molecule has 1 aromatic heterocycles. The molecule has 0 aliphatic heterocycles. The molecule has 3 rings (SSSR count). The van der Waals surface area contributed by atoms with Gasteiger partial charge >= 0.3 is 5.97 Å². The van der Waals surface area contributed by atoms with Crippen molar-refractivity contribution in [3.8, 4) is 0 Å². The first-order chi connectivity index (χ1) is 11.5. The van der Waals surface area contributed by atoms with Crippen LogP contribution in [0.1, 0.15) is 10.6 Å². The van der Waals surface area contributed by atoms with Crippen LogP contribution in [0.15, 0.2) is 46.9 Å². The van der Waals surface area contributed by atoms with E-state index in [4.69, 9.17) is 5.11 Å². The van der Waals surface area contributed by atoms with Gasteiger partial charge in [0.05, 0.1) is 16.0 Å². The number of rotatable bonds is 5. The van der Waals surface area contributed by atoms with E-state index in [1.807, 2.05) is 24.3 Å². The summed E-state index contributed by atoms with van der Waals surface area (Å²) < 4.78 is 15.8. The van der Waals surface area contributed by atoms with Crippen LogP contribution in [0.2, 0.25) is 0 Å². The first-order valence-corrected chi connectivity index (χ1v) is 9.50. The SMILES string of the molecule is O=C(O)CS/C(=C\c1ccc(Br)cc1F)c1nc2ccccc2s1. The lowest BCUT2D eigenvalue weighted by atomic mass is 10.2. The average Bonchev–Trinajstić information content (AvgIpc) is 2.97. The van der Waals surface area contributed by atoms with Crippen molar-refractivity contribution in [3.63, 3.8) is 0 Å². The van der Waals surface area contributed by atoms with Crippen molar-refractivity contribution in [2.24, 2.45) is 0 Å². The maximum Gasteiger partial charge on any atom is 0.313 e. The third kappa shape index (κ3) is 4.03. The molecule has 0 saturated heterocycles. The molecule has 0 aliphatic carbocycles. The highest BCUT2D eigenvalue weighted by Gasteiger charge is 2.13. The highest BCUT2D eigenvalue weighted by Crippen LogP contribution is 2.35. The van der Waals surface area contributed by atoms with Crippen LogP contribution in [-0.2, 0) is 4.79 Å². The van der Waals surface area contributed by atoms with Gasteiger partial charge in [0.1, 0.15) is 10.8 Å². The number of hydrogen-bond donors (Lipinski definition) is 1. The second kappa shape index (κ2) is 7.46. The summed E-state index contributed by atoms with van der Waals surface area (Å²) in [6.07, 6.45) is 1.65. The number of hydrogen-bond acceptors (Lipinski definition) is 4. The molecule has 3 aromatic rings. The summed E-state index contributed by atoms with van der Waals surface area (Å²) in [7, 11) is 0. The molecule has 0 atom stereocenters. The Hall–Kier alpha value is -1.70. The Bertz CT molecular complexity index is 906. The van der Waals surface area contributed by atoms with Gasteiger partial charge in [-0.2, -0.15) is 0 Å². The van der Waals surface area contributed by atoms with Crippen LogP contribution in [-0.4, -0.2) is 21.8 Å². The molecule has 1 N–H and O–H groups in total. The molecular weight excluding hydrogens is 413 g/mol. The zero-order valence-electron chi connectivity index (χ0n) is 12.2. The topological polar surface area (TPSA) is 50.2 Å². The number of para-hydroxylation sites is 1.